The van der Waals surface area contributed by atoms with Crippen LogP contribution in [0.1, 0.15) is 17.4 Å². The van der Waals surface area contributed by atoms with Gasteiger partial charge in [0.2, 0.25) is 0 Å². The lowest BCUT2D eigenvalue weighted by Crippen LogP contribution is -2.11. The molecule has 2 rings (SSSR count). The van der Waals surface area contributed by atoms with Crippen LogP contribution >= 0.6 is 23.4 Å². The number of anilines is 1. The molecule has 3 nitrogen and oxygen atoms in total. The topological polar surface area (TPSA) is 41.5 Å². The van der Waals surface area contributed by atoms with Crippen LogP contribution in [-0.2, 0) is 11.3 Å². The molecule has 1 atom stereocenters. The second-order valence-electron chi connectivity index (χ2n) is 5.31. The fraction of sp³-hybridized carbons (Fsp3) is 0.294. The molecule has 0 aliphatic rings. The first kappa shape index (κ1) is 20.8. The number of benzene rings is 2. The third-order valence-corrected chi connectivity index (χ3v) is 4.97. The summed E-state index contributed by atoms with van der Waals surface area (Å²) in [5, 5.41) is 12.6. The van der Waals surface area contributed by atoms with Gasteiger partial charge in [0.15, 0.2) is 6.29 Å². The van der Waals surface area contributed by atoms with Crippen molar-refractivity contribution in [2.45, 2.75) is 23.9 Å². The molecule has 1 unspecified atom stereocenters. The third kappa shape index (κ3) is 5.77. The molecule has 2 aromatic carbocycles. The minimum atomic E-state index is -4.36. The van der Waals surface area contributed by atoms with Crippen LogP contribution < -0.4 is 5.32 Å². The van der Waals surface area contributed by atoms with E-state index >= 15 is 0 Å². The van der Waals surface area contributed by atoms with Crippen LogP contribution in [0.4, 0.5) is 23.2 Å². The first-order valence-corrected chi connectivity index (χ1v) is 8.78. The summed E-state index contributed by atoms with van der Waals surface area (Å²) in [6, 6.07) is 9.05. The maximum Gasteiger partial charge on any atom is 0.398 e. The fourth-order valence-electron chi connectivity index (χ4n) is 2.19. The zero-order chi connectivity index (χ0) is 19.3. The van der Waals surface area contributed by atoms with Gasteiger partial charge in [-0.25, -0.2) is 4.39 Å². The highest BCUT2D eigenvalue weighted by Gasteiger charge is 2.28. The van der Waals surface area contributed by atoms with Gasteiger partial charge in [0.05, 0.1) is 16.5 Å². The third-order valence-electron chi connectivity index (χ3n) is 3.43. The van der Waals surface area contributed by atoms with E-state index in [1.54, 1.807) is 24.3 Å². The predicted molar refractivity (Wildman–Crippen MR) is 93.9 cm³/mol. The van der Waals surface area contributed by atoms with Crippen molar-refractivity contribution in [1.29, 1.82) is 0 Å². The smallest absolute Gasteiger partial charge is 0.379 e. The number of aliphatic hydroxyl groups excluding tert-OH is 1. The molecule has 2 aromatic rings. The van der Waals surface area contributed by atoms with Crippen molar-refractivity contribution < 1.29 is 27.4 Å². The number of hydrogen-bond acceptors (Lipinski definition) is 4. The number of nitrogens with one attached hydrogen (secondary N) is 1. The number of thioether (sulfide) groups is 1. The molecule has 0 aromatic heterocycles. The number of alkyl halides is 3. The number of hydrogen-bond donors (Lipinski definition) is 2. The Bertz CT molecular complexity index is 758. The molecule has 26 heavy (non-hydrogen) atoms. The summed E-state index contributed by atoms with van der Waals surface area (Å²) in [7, 11) is 1.35. The van der Waals surface area contributed by atoms with Crippen LogP contribution in [0.25, 0.3) is 0 Å². The van der Waals surface area contributed by atoms with Crippen molar-refractivity contribution in [3.63, 3.8) is 0 Å². The molecule has 0 spiro atoms. The Kier molecular flexibility index (Phi) is 7.16. The molecule has 0 bridgehead atoms. The van der Waals surface area contributed by atoms with Crippen LogP contribution in [-0.4, -0.2) is 24.1 Å². The molecule has 0 saturated heterocycles. The van der Waals surface area contributed by atoms with Gasteiger partial charge in [0.25, 0.3) is 0 Å². The molecular formula is C17H16ClF4NO2S. The summed E-state index contributed by atoms with van der Waals surface area (Å²) >= 11 is 6.31. The van der Waals surface area contributed by atoms with E-state index in [0.29, 0.717) is 22.9 Å². The monoisotopic (exact) mass is 409 g/mol. The molecule has 0 aliphatic carbocycles. The zero-order valence-electron chi connectivity index (χ0n) is 13.6. The Morgan fingerprint density at radius 2 is 1.96 bits per heavy atom. The van der Waals surface area contributed by atoms with Gasteiger partial charge in [-0.1, -0.05) is 35.9 Å². The Morgan fingerprint density at radius 3 is 2.62 bits per heavy atom. The minimum Gasteiger partial charge on any atom is -0.379 e. The Hall–Kier alpha value is -1.48. The lowest BCUT2D eigenvalue weighted by molar-refractivity contribution is -0.105. The molecule has 0 aliphatic heterocycles. The van der Waals surface area contributed by atoms with E-state index in [1.807, 2.05) is 0 Å². The number of rotatable bonds is 7. The van der Waals surface area contributed by atoms with E-state index in [0.717, 1.165) is 6.07 Å². The normalized spacial score (nSPS) is 12.9. The predicted octanol–water partition coefficient (Wildman–Crippen LogP) is 5.38. The summed E-state index contributed by atoms with van der Waals surface area (Å²) in [5.41, 5.74) is 1.17. The Morgan fingerprint density at radius 1 is 1.27 bits per heavy atom. The van der Waals surface area contributed by atoms with Crippen LogP contribution in [0.2, 0.25) is 5.02 Å². The first-order chi connectivity index (χ1) is 12.2. The molecule has 0 saturated carbocycles. The molecule has 9 heteroatoms. The summed E-state index contributed by atoms with van der Waals surface area (Å²) in [6.45, 7) is 0.137. The van der Waals surface area contributed by atoms with Crippen LogP contribution in [0.15, 0.2) is 41.3 Å². The van der Waals surface area contributed by atoms with Crippen LogP contribution in [0.3, 0.4) is 0 Å². The average molecular weight is 410 g/mol. The van der Waals surface area contributed by atoms with Gasteiger partial charge in [-0.2, -0.15) is 13.2 Å². The van der Waals surface area contributed by atoms with Gasteiger partial charge in [0, 0.05) is 24.1 Å². The van der Waals surface area contributed by atoms with Gasteiger partial charge in [-0.15, -0.1) is 11.8 Å². The summed E-state index contributed by atoms with van der Waals surface area (Å²) in [5.74, 6) is -1.81. The van der Waals surface area contributed by atoms with Crippen molar-refractivity contribution in [2.24, 2.45) is 0 Å². The number of ether oxygens (including phenoxy) is 1. The fourth-order valence-corrected chi connectivity index (χ4v) is 3.22. The van der Waals surface area contributed by atoms with Crippen molar-refractivity contribution in [1.82, 2.24) is 0 Å². The van der Waals surface area contributed by atoms with E-state index in [4.69, 9.17) is 16.3 Å². The van der Waals surface area contributed by atoms with Crippen molar-refractivity contribution in [2.75, 3.05) is 18.2 Å². The van der Waals surface area contributed by atoms with E-state index in [-0.39, 0.29) is 22.2 Å². The average Bonchev–Trinajstić information content (AvgIpc) is 2.59. The second kappa shape index (κ2) is 8.94. The highest BCUT2D eigenvalue weighted by atomic mass is 35.5. The summed E-state index contributed by atoms with van der Waals surface area (Å²) in [6.07, 6.45) is -5.49. The summed E-state index contributed by atoms with van der Waals surface area (Å²) in [4.78, 5) is 0.123. The van der Waals surface area contributed by atoms with Gasteiger partial charge in [-0.05, 0) is 17.7 Å². The largest absolute Gasteiger partial charge is 0.398 e. The van der Waals surface area contributed by atoms with Crippen LogP contribution in [0.5, 0.6) is 0 Å². The number of halogens is 5. The molecule has 0 fully saturated rings. The van der Waals surface area contributed by atoms with Crippen LogP contribution in [0, 0.1) is 5.82 Å². The molecule has 0 heterocycles. The maximum atomic E-state index is 14.1. The molecule has 0 amide bonds. The zero-order valence-corrected chi connectivity index (χ0v) is 15.2. The lowest BCUT2D eigenvalue weighted by Gasteiger charge is -2.16. The molecule has 0 radical (unpaired) electrons. The highest BCUT2D eigenvalue weighted by Crippen LogP contribution is 2.35. The molecular weight excluding hydrogens is 394 g/mol. The first-order valence-electron chi connectivity index (χ1n) is 7.42. The van der Waals surface area contributed by atoms with Gasteiger partial charge in [0.1, 0.15) is 5.82 Å². The van der Waals surface area contributed by atoms with Gasteiger partial charge >= 0.3 is 6.18 Å². The maximum absolute atomic E-state index is 14.1. The molecule has 142 valence electrons. The Balaban J connectivity index is 2.17. The van der Waals surface area contributed by atoms with E-state index < -0.39 is 24.0 Å². The lowest BCUT2D eigenvalue weighted by atomic mass is 10.1. The second-order valence-corrected chi connectivity index (χ2v) is 6.73. The van der Waals surface area contributed by atoms with Crippen molar-refractivity contribution in [3.05, 3.63) is 58.4 Å². The van der Waals surface area contributed by atoms with Gasteiger partial charge in [-0.3, -0.25) is 0 Å². The number of aliphatic hydroxyl groups is 1. The number of methoxy groups -OCH3 is 1. The van der Waals surface area contributed by atoms with Crippen molar-refractivity contribution >= 4 is 29.1 Å². The van der Waals surface area contributed by atoms with Crippen molar-refractivity contribution in [3.8, 4) is 0 Å². The summed E-state index contributed by atoms with van der Waals surface area (Å²) < 4.78 is 56.1. The SMILES string of the molecule is COC(O)c1ccccc1CNc1cc(SCC(F)(F)F)c(Cl)cc1F. The molecule has 2 N–H and O–H groups in total. The van der Waals surface area contributed by atoms with E-state index in [1.165, 1.54) is 13.2 Å². The standard InChI is InChI=1S/C17H16ClF4NO2S/c1-25-16(24)11-5-3-2-4-10(11)8-23-14-7-15(12(18)6-13(14)19)26-9-17(20,21)22/h2-7,16,23-24H,8-9H2,1H3. The van der Waals surface area contributed by atoms with E-state index in [9.17, 15) is 22.7 Å². The van der Waals surface area contributed by atoms with E-state index in [2.05, 4.69) is 5.32 Å². The highest BCUT2D eigenvalue weighted by molar-refractivity contribution is 7.99. The Labute approximate surface area is 157 Å². The van der Waals surface area contributed by atoms with Gasteiger partial charge < -0.3 is 15.2 Å². The quantitative estimate of drug-likeness (QED) is 0.366. The minimum absolute atomic E-state index is 0.0146.